The summed E-state index contributed by atoms with van der Waals surface area (Å²) in [4.78, 5) is 13.6. The Morgan fingerprint density at radius 1 is 1.29 bits per heavy atom. The third kappa shape index (κ3) is 3.74. The lowest BCUT2D eigenvalue weighted by Gasteiger charge is -2.18. The van der Waals surface area contributed by atoms with Crippen LogP contribution in [0.2, 0.25) is 0 Å². The fourth-order valence-corrected chi connectivity index (χ4v) is 3.33. The van der Waals surface area contributed by atoms with Gasteiger partial charge in [-0.2, -0.15) is 0 Å². The van der Waals surface area contributed by atoms with E-state index in [4.69, 9.17) is 9.88 Å². The lowest BCUT2D eigenvalue weighted by atomic mass is 10.1. The van der Waals surface area contributed by atoms with Gasteiger partial charge in [0.15, 0.2) is 6.61 Å². The standard InChI is InChI=1S/C14H20N2O4S/c1-10-7-11(2)14(12(8-10)21(15,18)19)20-9-13(17)16-5-3-4-6-16/h7-8H,3-6,9H2,1-2H3,(H2,15,18,19). The Morgan fingerprint density at radius 3 is 2.48 bits per heavy atom. The number of carbonyl (C=O) groups is 1. The average molecular weight is 312 g/mol. The Bertz CT molecular complexity index is 649. The van der Waals surface area contributed by atoms with Gasteiger partial charge in [0.25, 0.3) is 5.91 Å². The number of hydrogen-bond acceptors (Lipinski definition) is 4. The predicted octanol–water partition coefficient (Wildman–Crippen LogP) is 0.952. The maximum absolute atomic E-state index is 12.0. The third-order valence-electron chi connectivity index (χ3n) is 3.49. The highest BCUT2D eigenvalue weighted by molar-refractivity contribution is 7.89. The molecule has 0 saturated carbocycles. The van der Waals surface area contributed by atoms with E-state index < -0.39 is 10.0 Å². The second-order valence-corrected chi connectivity index (χ2v) is 6.86. The summed E-state index contributed by atoms with van der Waals surface area (Å²) in [7, 11) is -3.90. The topological polar surface area (TPSA) is 89.7 Å². The number of aryl methyl sites for hydroxylation is 2. The van der Waals surface area contributed by atoms with E-state index in [0.29, 0.717) is 5.56 Å². The van der Waals surface area contributed by atoms with Crippen molar-refractivity contribution in [2.75, 3.05) is 19.7 Å². The van der Waals surface area contributed by atoms with Crippen molar-refractivity contribution in [1.82, 2.24) is 4.90 Å². The van der Waals surface area contributed by atoms with Gasteiger partial charge in [-0.25, -0.2) is 13.6 Å². The van der Waals surface area contributed by atoms with E-state index in [1.165, 1.54) is 6.07 Å². The number of rotatable bonds is 4. The van der Waals surface area contributed by atoms with Gasteiger partial charge in [-0.3, -0.25) is 4.79 Å². The van der Waals surface area contributed by atoms with Crippen molar-refractivity contribution >= 4 is 15.9 Å². The first-order chi connectivity index (χ1) is 9.79. The van der Waals surface area contributed by atoms with Crippen LogP contribution in [0.25, 0.3) is 0 Å². The molecular weight excluding hydrogens is 292 g/mol. The first kappa shape index (κ1) is 15.8. The van der Waals surface area contributed by atoms with Gasteiger partial charge in [0, 0.05) is 13.1 Å². The van der Waals surface area contributed by atoms with Gasteiger partial charge in [0.1, 0.15) is 10.6 Å². The Kier molecular flexibility index (Phi) is 4.53. The molecule has 1 amide bonds. The van der Waals surface area contributed by atoms with Crippen molar-refractivity contribution in [2.24, 2.45) is 5.14 Å². The van der Waals surface area contributed by atoms with Crippen LogP contribution in [0.5, 0.6) is 5.75 Å². The molecule has 7 heteroatoms. The summed E-state index contributed by atoms with van der Waals surface area (Å²) in [5, 5.41) is 5.22. The van der Waals surface area contributed by atoms with Crippen molar-refractivity contribution in [3.8, 4) is 5.75 Å². The molecule has 1 aromatic carbocycles. The summed E-state index contributed by atoms with van der Waals surface area (Å²) in [5.74, 6) is 0.0310. The number of benzene rings is 1. The number of amides is 1. The minimum Gasteiger partial charge on any atom is -0.482 e. The van der Waals surface area contributed by atoms with Crippen LogP contribution in [-0.4, -0.2) is 38.9 Å². The Hall–Kier alpha value is -1.60. The third-order valence-corrected chi connectivity index (χ3v) is 4.41. The van der Waals surface area contributed by atoms with Crippen molar-refractivity contribution in [3.05, 3.63) is 23.3 Å². The molecular formula is C14H20N2O4S. The number of hydrogen-bond donors (Lipinski definition) is 1. The normalized spacial score (nSPS) is 15.3. The van der Waals surface area contributed by atoms with Crippen LogP contribution in [0.3, 0.4) is 0 Å². The summed E-state index contributed by atoms with van der Waals surface area (Å²) in [5.41, 5.74) is 1.42. The number of likely N-dealkylation sites (tertiary alicyclic amines) is 1. The second-order valence-electron chi connectivity index (χ2n) is 5.33. The molecule has 1 fully saturated rings. The first-order valence-corrected chi connectivity index (χ1v) is 8.38. The summed E-state index contributed by atoms with van der Waals surface area (Å²) in [6, 6.07) is 3.25. The summed E-state index contributed by atoms with van der Waals surface area (Å²) in [6.45, 7) is 4.80. The molecule has 1 aliphatic heterocycles. The molecule has 1 aliphatic rings. The number of primary sulfonamides is 1. The average Bonchev–Trinajstić information content (AvgIpc) is 2.89. The zero-order valence-corrected chi connectivity index (χ0v) is 13.1. The minimum atomic E-state index is -3.90. The lowest BCUT2D eigenvalue weighted by molar-refractivity contribution is -0.132. The van der Waals surface area contributed by atoms with Gasteiger partial charge in [-0.1, -0.05) is 6.07 Å². The Morgan fingerprint density at radius 2 is 1.90 bits per heavy atom. The molecule has 0 spiro atoms. The quantitative estimate of drug-likeness (QED) is 0.896. The van der Waals surface area contributed by atoms with Gasteiger partial charge in [-0.05, 0) is 43.9 Å². The molecule has 116 valence electrons. The molecule has 0 bridgehead atoms. The van der Waals surface area contributed by atoms with E-state index in [2.05, 4.69) is 0 Å². The molecule has 21 heavy (non-hydrogen) atoms. The van der Waals surface area contributed by atoms with E-state index in [1.807, 2.05) is 0 Å². The van der Waals surface area contributed by atoms with Crippen molar-refractivity contribution in [1.29, 1.82) is 0 Å². The van der Waals surface area contributed by atoms with Crippen LogP contribution >= 0.6 is 0 Å². The molecule has 2 N–H and O–H groups in total. The number of nitrogens with two attached hydrogens (primary N) is 1. The van der Waals surface area contributed by atoms with Crippen LogP contribution in [0.15, 0.2) is 17.0 Å². The van der Waals surface area contributed by atoms with Crippen molar-refractivity contribution in [3.63, 3.8) is 0 Å². The van der Waals surface area contributed by atoms with E-state index in [-0.39, 0.29) is 23.2 Å². The fourth-order valence-electron chi connectivity index (χ4n) is 2.50. The second kappa shape index (κ2) is 6.03. The van der Waals surface area contributed by atoms with Crippen LogP contribution in [0.4, 0.5) is 0 Å². The monoisotopic (exact) mass is 312 g/mol. The molecule has 2 rings (SSSR count). The van der Waals surface area contributed by atoms with Gasteiger partial charge in [0.05, 0.1) is 0 Å². The highest BCUT2D eigenvalue weighted by Gasteiger charge is 2.22. The Balaban J connectivity index is 2.21. The van der Waals surface area contributed by atoms with Crippen molar-refractivity contribution in [2.45, 2.75) is 31.6 Å². The zero-order chi connectivity index (χ0) is 15.6. The van der Waals surface area contributed by atoms with Gasteiger partial charge >= 0.3 is 0 Å². The predicted molar refractivity (Wildman–Crippen MR) is 78.6 cm³/mol. The van der Waals surface area contributed by atoms with Gasteiger partial charge in [0.2, 0.25) is 10.0 Å². The Labute approximate surface area is 124 Å². The molecule has 0 radical (unpaired) electrons. The van der Waals surface area contributed by atoms with Gasteiger partial charge in [-0.15, -0.1) is 0 Å². The molecule has 1 saturated heterocycles. The number of ether oxygens (including phenoxy) is 1. The smallest absolute Gasteiger partial charge is 0.260 e. The zero-order valence-electron chi connectivity index (χ0n) is 12.3. The largest absolute Gasteiger partial charge is 0.482 e. The molecule has 6 nitrogen and oxygen atoms in total. The van der Waals surface area contributed by atoms with Crippen LogP contribution in [0.1, 0.15) is 24.0 Å². The SMILES string of the molecule is Cc1cc(C)c(OCC(=O)N2CCCC2)c(S(N)(=O)=O)c1. The van der Waals surface area contributed by atoms with E-state index >= 15 is 0 Å². The van der Waals surface area contributed by atoms with Gasteiger partial charge < -0.3 is 9.64 Å². The lowest BCUT2D eigenvalue weighted by Crippen LogP contribution is -2.32. The molecule has 0 aliphatic carbocycles. The maximum atomic E-state index is 12.0. The van der Waals surface area contributed by atoms with Crippen LogP contribution < -0.4 is 9.88 Å². The first-order valence-electron chi connectivity index (χ1n) is 6.83. The minimum absolute atomic E-state index is 0.0748. The molecule has 1 aromatic rings. The van der Waals surface area contributed by atoms with Crippen LogP contribution in [-0.2, 0) is 14.8 Å². The summed E-state index contributed by atoms with van der Waals surface area (Å²) >= 11 is 0. The van der Waals surface area contributed by atoms with Crippen molar-refractivity contribution < 1.29 is 17.9 Å². The highest BCUT2D eigenvalue weighted by Crippen LogP contribution is 2.28. The number of nitrogens with zero attached hydrogens (tertiary/aromatic N) is 1. The van der Waals surface area contributed by atoms with E-state index in [0.717, 1.165) is 31.5 Å². The number of carbonyl (C=O) groups excluding carboxylic acids is 1. The fraction of sp³-hybridized carbons (Fsp3) is 0.500. The highest BCUT2D eigenvalue weighted by atomic mass is 32.2. The summed E-state index contributed by atoms with van der Waals surface area (Å²) in [6.07, 6.45) is 2.00. The van der Waals surface area contributed by atoms with E-state index in [1.54, 1.807) is 24.8 Å². The molecule has 0 atom stereocenters. The maximum Gasteiger partial charge on any atom is 0.260 e. The summed E-state index contributed by atoms with van der Waals surface area (Å²) < 4.78 is 28.8. The molecule has 1 heterocycles. The van der Waals surface area contributed by atoms with Crippen LogP contribution in [0, 0.1) is 13.8 Å². The molecule has 0 aromatic heterocycles. The van der Waals surface area contributed by atoms with E-state index in [9.17, 15) is 13.2 Å². The number of sulfonamides is 1. The molecule has 0 unspecified atom stereocenters.